The standard InChI is InChI=1S/C20H26N2O2/c1-16-14-17(10-11-19(16)24-3)15-20(23)21-12-7-13-22(2)18-8-5-4-6-9-18/h4-6,8-11,14H,7,12-13,15H2,1-3H3,(H,21,23). The van der Waals surface area contributed by atoms with E-state index in [1.54, 1.807) is 7.11 Å². The van der Waals surface area contributed by atoms with Crippen LogP contribution in [0.5, 0.6) is 5.75 Å². The molecule has 0 saturated heterocycles. The number of aryl methyl sites for hydroxylation is 1. The Morgan fingerprint density at radius 3 is 2.58 bits per heavy atom. The number of hydrogen-bond donors (Lipinski definition) is 1. The first-order valence-electron chi connectivity index (χ1n) is 8.26. The van der Waals surface area contributed by atoms with Crippen molar-refractivity contribution in [1.82, 2.24) is 5.32 Å². The number of hydrogen-bond acceptors (Lipinski definition) is 3. The van der Waals surface area contributed by atoms with Gasteiger partial charge in [-0.2, -0.15) is 0 Å². The molecule has 0 radical (unpaired) electrons. The van der Waals surface area contributed by atoms with E-state index in [-0.39, 0.29) is 5.91 Å². The lowest BCUT2D eigenvalue weighted by atomic mass is 10.1. The molecular weight excluding hydrogens is 300 g/mol. The van der Waals surface area contributed by atoms with E-state index in [9.17, 15) is 4.79 Å². The van der Waals surface area contributed by atoms with Crippen LogP contribution in [0.1, 0.15) is 17.5 Å². The van der Waals surface area contributed by atoms with Crippen LogP contribution in [0.3, 0.4) is 0 Å². The van der Waals surface area contributed by atoms with E-state index >= 15 is 0 Å². The number of carbonyl (C=O) groups excluding carboxylic acids is 1. The summed E-state index contributed by atoms with van der Waals surface area (Å²) >= 11 is 0. The normalized spacial score (nSPS) is 10.3. The van der Waals surface area contributed by atoms with E-state index in [1.807, 2.05) is 43.3 Å². The van der Waals surface area contributed by atoms with Crippen molar-refractivity contribution >= 4 is 11.6 Å². The van der Waals surface area contributed by atoms with Crippen LogP contribution in [0.2, 0.25) is 0 Å². The second-order valence-electron chi connectivity index (χ2n) is 5.94. The molecule has 0 bridgehead atoms. The van der Waals surface area contributed by atoms with Gasteiger partial charge in [-0.25, -0.2) is 0 Å². The summed E-state index contributed by atoms with van der Waals surface area (Å²) in [6.45, 7) is 3.58. The van der Waals surface area contributed by atoms with Gasteiger partial charge in [0.25, 0.3) is 0 Å². The van der Waals surface area contributed by atoms with Crippen LogP contribution in [-0.4, -0.2) is 33.2 Å². The molecule has 0 spiro atoms. The van der Waals surface area contributed by atoms with Crippen molar-refractivity contribution in [3.63, 3.8) is 0 Å². The average molecular weight is 326 g/mol. The minimum absolute atomic E-state index is 0.0573. The van der Waals surface area contributed by atoms with Crippen molar-refractivity contribution in [2.75, 3.05) is 32.1 Å². The average Bonchev–Trinajstić information content (AvgIpc) is 2.59. The van der Waals surface area contributed by atoms with Crippen LogP contribution in [-0.2, 0) is 11.2 Å². The summed E-state index contributed by atoms with van der Waals surface area (Å²) in [7, 11) is 3.72. The van der Waals surface area contributed by atoms with Gasteiger partial charge in [-0.15, -0.1) is 0 Å². The number of carbonyl (C=O) groups is 1. The molecule has 0 heterocycles. The molecular formula is C20H26N2O2. The molecule has 1 amide bonds. The SMILES string of the molecule is COc1ccc(CC(=O)NCCCN(C)c2ccccc2)cc1C. The molecule has 0 aliphatic rings. The van der Waals surface area contributed by atoms with Crippen molar-refractivity contribution < 1.29 is 9.53 Å². The zero-order valence-electron chi connectivity index (χ0n) is 14.7. The number of nitrogens with zero attached hydrogens (tertiary/aromatic N) is 1. The molecule has 0 fully saturated rings. The van der Waals surface area contributed by atoms with Gasteiger partial charge in [0.2, 0.25) is 5.91 Å². The second kappa shape index (κ2) is 8.96. The molecule has 0 atom stereocenters. The summed E-state index contributed by atoms with van der Waals surface area (Å²) in [5.41, 5.74) is 3.25. The van der Waals surface area contributed by atoms with Gasteiger partial charge in [0.15, 0.2) is 0 Å². The topological polar surface area (TPSA) is 41.6 Å². The van der Waals surface area contributed by atoms with Crippen molar-refractivity contribution in [3.8, 4) is 5.75 Å². The summed E-state index contributed by atoms with van der Waals surface area (Å²) in [5, 5.41) is 2.99. The molecule has 0 saturated carbocycles. The number of rotatable bonds is 8. The van der Waals surface area contributed by atoms with Crippen LogP contribution in [0, 0.1) is 6.92 Å². The third-order valence-corrected chi connectivity index (χ3v) is 4.01. The highest BCUT2D eigenvalue weighted by Gasteiger charge is 2.06. The number of anilines is 1. The van der Waals surface area contributed by atoms with Gasteiger partial charge in [0.05, 0.1) is 13.5 Å². The maximum Gasteiger partial charge on any atom is 0.224 e. The van der Waals surface area contributed by atoms with Crippen LogP contribution in [0.15, 0.2) is 48.5 Å². The van der Waals surface area contributed by atoms with Crippen molar-refractivity contribution in [1.29, 1.82) is 0 Å². The van der Waals surface area contributed by atoms with Crippen molar-refractivity contribution in [3.05, 3.63) is 59.7 Å². The van der Waals surface area contributed by atoms with Gasteiger partial charge >= 0.3 is 0 Å². The third kappa shape index (κ3) is 5.30. The molecule has 4 nitrogen and oxygen atoms in total. The zero-order valence-corrected chi connectivity index (χ0v) is 14.7. The summed E-state index contributed by atoms with van der Waals surface area (Å²) in [6.07, 6.45) is 1.32. The predicted octanol–water partition coefficient (Wildman–Crippen LogP) is 3.19. The first kappa shape index (κ1) is 17.9. The quantitative estimate of drug-likeness (QED) is 0.758. The monoisotopic (exact) mass is 326 g/mol. The van der Waals surface area contributed by atoms with Crippen LogP contribution in [0.4, 0.5) is 5.69 Å². The highest BCUT2D eigenvalue weighted by atomic mass is 16.5. The molecule has 2 aromatic rings. The fraction of sp³-hybridized carbons (Fsp3) is 0.350. The molecule has 0 aromatic heterocycles. The fourth-order valence-corrected chi connectivity index (χ4v) is 2.65. The Balaban J connectivity index is 1.71. The molecule has 4 heteroatoms. The Hall–Kier alpha value is -2.49. The highest BCUT2D eigenvalue weighted by Crippen LogP contribution is 2.18. The van der Waals surface area contributed by atoms with Gasteiger partial charge in [-0.1, -0.05) is 30.3 Å². The maximum atomic E-state index is 12.0. The zero-order chi connectivity index (χ0) is 17.4. The predicted molar refractivity (Wildman–Crippen MR) is 98.8 cm³/mol. The third-order valence-electron chi connectivity index (χ3n) is 4.01. The Morgan fingerprint density at radius 2 is 1.92 bits per heavy atom. The maximum absolute atomic E-state index is 12.0. The van der Waals surface area contributed by atoms with E-state index in [0.29, 0.717) is 13.0 Å². The van der Waals surface area contributed by atoms with Crippen LogP contribution < -0.4 is 15.0 Å². The van der Waals surface area contributed by atoms with E-state index in [4.69, 9.17) is 4.74 Å². The van der Waals surface area contributed by atoms with Gasteiger partial charge < -0.3 is 15.0 Å². The number of nitrogens with one attached hydrogen (secondary N) is 1. The lowest BCUT2D eigenvalue weighted by Crippen LogP contribution is -2.29. The van der Waals surface area contributed by atoms with Gasteiger partial charge in [0, 0.05) is 25.8 Å². The summed E-state index contributed by atoms with van der Waals surface area (Å²) in [5.74, 6) is 0.907. The molecule has 128 valence electrons. The van der Waals surface area contributed by atoms with Crippen molar-refractivity contribution in [2.45, 2.75) is 19.8 Å². The number of para-hydroxylation sites is 1. The molecule has 2 aromatic carbocycles. The molecule has 2 rings (SSSR count). The Kier molecular flexibility index (Phi) is 6.67. The van der Waals surface area contributed by atoms with Crippen LogP contribution >= 0.6 is 0 Å². The van der Waals surface area contributed by atoms with Gasteiger partial charge in [-0.3, -0.25) is 4.79 Å². The smallest absolute Gasteiger partial charge is 0.224 e. The largest absolute Gasteiger partial charge is 0.496 e. The van der Waals surface area contributed by atoms with Crippen molar-refractivity contribution in [2.24, 2.45) is 0 Å². The Bertz CT molecular complexity index is 656. The van der Waals surface area contributed by atoms with Gasteiger partial charge in [0.1, 0.15) is 5.75 Å². The fourth-order valence-electron chi connectivity index (χ4n) is 2.65. The van der Waals surface area contributed by atoms with E-state index < -0.39 is 0 Å². The second-order valence-corrected chi connectivity index (χ2v) is 5.94. The van der Waals surface area contributed by atoms with E-state index in [2.05, 4.69) is 29.4 Å². The number of benzene rings is 2. The van der Waals surface area contributed by atoms with E-state index in [1.165, 1.54) is 5.69 Å². The Morgan fingerprint density at radius 1 is 1.17 bits per heavy atom. The summed E-state index contributed by atoms with van der Waals surface area (Å²) in [4.78, 5) is 14.2. The minimum Gasteiger partial charge on any atom is -0.496 e. The van der Waals surface area contributed by atoms with E-state index in [0.717, 1.165) is 29.8 Å². The number of ether oxygens (including phenoxy) is 1. The Labute approximate surface area is 144 Å². The number of methoxy groups -OCH3 is 1. The molecule has 0 aliphatic heterocycles. The molecule has 0 aliphatic carbocycles. The first-order valence-corrected chi connectivity index (χ1v) is 8.26. The minimum atomic E-state index is 0.0573. The summed E-state index contributed by atoms with van der Waals surface area (Å²) < 4.78 is 5.24. The molecule has 24 heavy (non-hydrogen) atoms. The molecule has 0 unspecified atom stereocenters. The molecule has 1 N–H and O–H groups in total. The lowest BCUT2D eigenvalue weighted by Gasteiger charge is -2.19. The van der Waals surface area contributed by atoms with Crippen LogP contribution in [0.25, 0.3) is 0 Å². The highest BCUT2D eigenvalue weighted by molar-refractivity contribution is 5.78. The lowest BCUT2D eigenvalue weighted by molar-refractivity contribution is -0.120. The number of amides is 1. The van der Waals surface area contributed by atoms with Gasteiger partial charge in [-0.05, 0) is 42.7 Å². The summed E-state index contributed by atoms with van der Waals surface area (Å²) in [6, 6.07) is 16.1. The first-order chi connectivity index (χ1) is 11.6.